The Labute approximate surface area is 153 Å². The summed E-state index contributed by atoms with van der Waals surface area (Å²) in [5.41, 5.74) is 2.61. The minimum absolute atomic E-state index is 0.157. The summed E-state index contributed by atoms with van der Waals surface area (Å²) < 4.78 is 16.1. The van der Waals surface area contributed by atoms with E-state index in [0.717, 1.165) is 11.1 Å². The van der Waals surface area contributed by atoms with Crippen LogP contribution >= 0.6 is 11.8 Å². The molecule has 1 aromatic heterocycles. The van der Waals surface area contributed by atoms with Gasteiger partial charge in [0.15, 0.2) is 11.5 Å². The number of thioether (sulfide) groups is 1. The van der Waals surface area contributed by atoms with E-state index in [9.17, 15) is 4.79 Å². The Balaban J connectivity index is 1.35. The number of ether oxygens (including phenoxy) is 2. The number of nitrogens with zero attached hydrogens (tertiary/aromatic N) is 2. The zero-order valence-electron chi connectivity index (χ0n) is 13.9. The number of hydrogen-bond acceptors (Lipinski definition) is 7. The molecule has 0 atom stereocenters. The summed E-state index contributed by atoms with van der Waals surface area (Å²) in [5, 5.41) is 11.2. The lowest BCUT2D eigenvalue weighted by Crippen LogP contribution is -2.13. The van der Waals surface area contributed by atoms with Crippen molar-refractivity contribution < 1.29 is 18.7 Å². The van der Waals surface area contributed by atoms with Crippen molar-refractivity contribution in [2.75, 3.05) is 17.9 Å². The van der Waals surface area contributed by atoms with Gasteiger partial charge in [-0.05, 0) is 31.2 Å². The Bertz CT molecular complexity index is 957. The van der Waals surface area contributed by atoms with Gasteiger partial charge in [-0.25, -0.2) is 0 Å². The van der Waals surface area contributed by atoms with Gasteiger partial charge in [0.2, 0.25) is 18.6 Å². The highest BCUT2D eigenvalue weighted by Gasteiger charge is 2.15. The first-order valence-corrected chi connectivity index (χ1v) is 8.89. The van der Waals surface area contributed by atoms with E-state index >= 15 is 0 Å². The Morgan fingerprint density at radius 2 is 2.04 bits per heavy atom. The van der Waals surface area contributed by atoms with Gasteiger partial charge in [-0.3, -0.25) is 4.79 Å². The van der Waals surface area contributed by atoms with E-state index in [1.165, 1.54) is 11.8 Å². The van der Waals surface area contributed by atoms with Gasteiger partial charge in [0.05, 0.1) is 5.75 Å². The molecule has 0 saturated heterocycles. The standard InChI is InChI=1S/C18H15N3O4S/c1-11-3-2-4-12(7-11)17-20-21-18(25-17)26-9-16(22)19-13-5-6-14-15(8-13)24-10-23-14/h2-8H,9-10H2,1H3,(H,19,22). The first-order valence-electron chi connectivity index (χ1n) is 7.90. The SMILES string of the molecule is Cc1cccc(-c2nnc(SCC(=O)Nc3ccc4c(c3)OCO4)o2)c1. The molecule has 2 aromatic carbocycles. The van der Waals surface area contributed by atoms with Gasteiger partial charge in [0.1, 0.15) is 0 Å². The topological polar surface area (TPSA) is 86.5 Å². The number of nitrogens with one attached hydrogen (secondary N) is 1. The third-order valence-electron chi connectivity index (χ3n) is 3.65. The molecule has 0 bridgehead atoms. The van der Waals surface area contributed by atoms with Crippen LogP contribution < -0.4 is 14.8 Å². The molecule has 7 nitrogen and oxygen atoms in total. The monoisotopic (exact) mass is 369 g/mol. The van der Waals surface area contributed by atoms with E-state index in [-0.39, 0.29) is 18.5 Å². The van der Waals surface area contributed by atoms with Gasteiger partial charge >= 0.3 is 0 Å². The predicted octanol–water partition coefficient (Wildman–Crippen LogP) is 3.50. The maximum absolute atomic E-state index is 12.1. The Morgan fingerprint density at radius 1 is 1.15 bits per heavy atom. The molecule has 0 spiro atoms. The molecule has 0 fully saturated rings. The number of carbonyl (C=O) groups is 1. The summed E-state index contributed by atoms with van der Waals surface area (Å²) in [6, 6.07) is 13.1. The fourth-order valence-corrected chi connectivity index (χ4v) is 3.02. The number of rotatable bonds is 5. The second-order valence-electron chi connectivity index (χ2n) is 5.65. The number of fused-ring (bicyclic) bond motifs is 1. The quantitative estimate of drug-likeness (QED) is 0.689. The number of carbonyl (C=O) groups excluding carboxylic acids is 1. The van der Waals surface area contributed by atoms with Crippen LogP contribution in [0.5, 0.6) is 11.5 Å². The summed E-state index contributed by atoms with van der Waals surface area (Å²) >= 11 is 1.18. The molecular formula is C18H15N3O4S. The molecule has 0 unspecified atom stereocenters. The van der Waals surface area contributed by atoms with Crippen molar-refractivity contribution in [1.29, 1.82) is 0 Å². The lowest BCUT2D eigenvalue weighted by Gasteiger charge is -2.05. The zero-order chi connectivity index (χ0) is 17.9. The first kappa shape index (κ1) is 16.5. The smallest absolute Gasteiger partial charge is 0.277 e. The van der Waals surface area contributed by atoms with Crippen LogP contribution in [0.3, 0.4) is 0 Å². The van der Waals surface area contributed by atoms with Gasteiger partial charge in [-0.1, -0.05) is 29.5 Å². The average Bonchev–Trinajstić information content (AvgIpc) is 3.29. The van der Waals surface area contributed by atoms with Crippen molar-refractivity contribution in [2.45, 2.75) is 12.1 Å². The number of hydrogen-bond donors (Lipinski definition) is 1. The summed E-state index contributed by atoms with van der Waals surface area (Å²) in [7, 11) is 0. The van der Waals surface area contributed by atoms with E-state index < -0.39 is 0 Å². The molecule has 8 heteroatoms. The van der Waals surface area contributed by atoms with Crippen LogP contribution in [-0.4, -0.2) is 28.7 Å². The van der Waals surface area contributed by atoms with E-state index in [4.69, 9.17) is 13.9 Å². The first-order chi connectivity index (χ1) is 12.7. The van der Waals surface area contributed by atoms with Crippen LogP contribution in [0.4, 0.5) is 5.69 Å². The Kier molecular flexibility index (Phi) is 4.49. The van der Waals surface area contributed by atoms with Crippen LogP contribution in [0.15, 0.2) is 52.1 Å². The molecule has 1 amide bonds. The lowest BCUT2D eigenvalue weighted by atomic mass is 10.1. The van der Waals surface area contributed by atoms with Gasteiger partial charge in [-0.15, -0.1) is 10.2 Å². The van der Waals surface area contributed by atoms with Crippen molar-refractivity contribution in [3.63, 3.8) is 0 Å². The van der Waals surface area contributed by atoms with E-state index in [1.807, 2.05) is 31.2 Å². The van der Waals surface area contributed by atoms with Crippen LogP contribution in [-0.2, 0) is 4.79 Å². The molecule has 0 saturated carbocycles. The second-order valence-corrected chi connectivity index (χ2v) is 6.57. The fraction of sp³-hybridized carbons (Fsp3) is 0.167. The number of aromatic nitrogens is 2. The van der Waals surface area contributed by atoms with Crippen molar-refractivity contribution >= 4 is 23.4 Å². The predicted molar refractivity (Wildman–Crippen MR) is 96.4 cm³/mol. The molecule has 2 heterocycles. The number of anilines is 1. The molecule has 0 aliphatic carbocycles. The van der Waals surface area contributed by atoms with Crippen molar-refractivity contribution in [3.05, 3.63) is 48.0 Å². The Hall–Kier alpha value is -3.00. The highest BCUT2D eigenvalue weighted by molar-refractivity contribution is 7.99. The summed E-state index contributed by atoms with van der Waals surface area (Å²) in [4.78, 5) is 12.1. The highest BCUT2D eigenvalue weighted by atomic mass is 32.2. The molecule has 3 aromatic rings. The number of aryl methyl sites for hydroxylation is 1. The summed E-state index contributed by atoms with van der Waals surface area (Å²) in [6.07, 6.45) is 0. The minimum atomic E-state index is -0.177. The molecule has 1 aliphatic rings. The van der Waals surface area contributed by atoms with Crippen LogP contribution in [0, 0.1) is 6.92 Å². The van der Waals surface area contributed by atoms with Crippen molar-refractivity contribution in [3.8, 4) is 23.0 Å². The third kappa shape index (κ3) is 3.65. The molecule has 0 radical (unpaired) electrons. The molecule has 26 heavy (non-hydrogen) atoms. The largest absolute Gasteiger partial charge is 0.454 e. The van der Waals surface area contributed by atoms with Gasteiger partial charge in [-0.2, -0.15) is 0 Å². The van der Waals surface area contributed by atoms with Crippen LogP contribution in [0.1, 0.15) is 5.56 Å². The highest BCUT2D eigenvalue weighted by Crippen LogP contribution is 2.34. The molecule has 1 N–H and O–H groups in total. The average molecular weight is 369 g/mol. The molecular weight excluding hydrogens is 354 g/mol. The van der Waals surface area contributed by atoms with Crippen molar-refractivity contribution in [1.82, 2.24) is 10.2 Å². The number of amides is 1. The van der Waals surface area contributed by atoms with Gasteiger partial charge in [0.25, 0.3) is 5.22 Å². The van der Waals surface area contributed by atoms with Crippen molar-refractivity contribution in [2.24, 2.45) is 0 Å². The maximum Gasteiger partial charge on any atom is 0.277 e. The van der Waals surface area contributed by atoms with Gasteiger partial charge in [0, 0.05) is 17.3 Å². The van der Waals surface area contributed by atoms with Gasteiger partial charge < -0.3 is 19.2 Å². The number of benzene rings is 2. The van der Waals surface area contributed by atoms with E-state index in [0.29, 0.717) is 28.3 Å². The minimum Gasteiger partial charge on any atom is -0.454 e. The lowest BCUT2D eigenvalue weighted by molar-refractivity contribution is -0.113. The molecule has 4 rings (SSSR count). The Morgan fingerprint density at radius 3 is 2.92 bits per heavy atom. The molecule has 132 valence electrons. The normalized spacial score (nSPS) is 12.2. The van der Waals surface area contributed by atoms with Crippen LogP contribution in [0.25, 0.3) is 11.5 Å². The summed E-state index contributed by atoms with van der Waals surface area (Å²) in [5.74, 6) is 1.71. The maximum atomic E-state index is 12.1. The van der Waals surface area contributed by atoms with Crippen LogP contribution in [0.2, 0.25) is 0 Å². The van der Waals surface area contributed by atoms with E-state index in [1.54, 1.807) is 18.2 Å². The summed E-state index contributed by atoms with van der Waals surface area (Å²) in [6.45, 7) is 2.19. The molecule has 1 aliphatic heterocycles. The zero-order valence-corrected chi connectivity index (χ0v) is 14.7. The second kappa shape index (κ2) is 7.09. The van der Waals surface area contributed by atoms with E-state index in [2.05, 4.69) is 15.5 Å². The fourth-order valence-electron chi connectivity index (χ4n) is 2.46. The third-order valence-corrected chi connectivity index (χ3v) is 4.47.